The summed E-state index contributed by atoms with van der Waals surface area (Å²) in [6, 6.07) is 62.0. The first-order valence-corrected chi connectivity index (χ1v) is 25.1. The van der Waals surface area contributed by atoms with Gasteiger partial charge in [-0.15, -0.1) is 0 Å². The second-order valence-electron chi connectivity index (χ2n) is 16.8. The lowest BCUT2D eigenvalue weighted by molar-refractivity contribution is -0.126. The van der Waals surface area contributed by atoms with Gasteiger partial charge in [0.25, 0.3) is 0 Å². The molecule has 0 bridgehead atoms. The number of carbonyl (C=O) groups is 4. The first-order valence-electron chi connectivity index (χ1n) is 23.1. The van der Waals surface area contributed by atoms with Gasteiger partial charge in [-0.05, 0) is 98.0 Å². The molecule has 0 aliphatic carbocycles. The van der Waals surface area contributed by atoms with Crippen LogP contribution in [0.15, 0.2) is 182 Å². The van der Waals surface area contributed by atoms with Gasteiger partial charge in [0, 0.05) is 45.3 Å². The van der Waals surface area contributed by atoms with Crippen LogP contribution in [0.25, 0.3) is 0 Å². The molecular weight excluding hydrogens is 824 g/mol. The molecule has 0 radical (unpaired) electrons. The molecule has 6 aromatic rings. The Bertz CT molecular complexity index is 2090. The molecule has 8 nitrogen and oxygen atoms in total. The molecule has 6 rings (SSSR count). The summed E-state index contributed by atoms with van der Waals surface area (Å²) in [5.74, 6) is -0.699. The van der Waals surface area contributed by atoms with Crippen LogP contribution in [-0.4, -0.2) is 55.0 Å². The van der Waals surface area contributed by atoms with Crippen molar-refractivity contribution in [2.24, 2.45) is 0 Å². The Labute approximate surface area is 386 Å². The third kappa shape index (κ3) is 15.4. The van der Waals surface area contributed by atoms with E-state index in [1.807, 2.05) is 72.8 Å². The number of rotatable bonds is 26. The summed E-state index contributed by atoms with van der Waals surface area (Å²) >= 11 is 0. The van der Waals surface area contributed by atoms with Crippen molar-refractivity contribution in [2.75, 3.05) is 25.8 Å². The van der Waals surface area contributed by atoms with Gasteiger partial charge in [-0.2, -0.15) is 0 Å². The fourth-order valence-corrected chi connectivity index (χ4v) is 12.7. The van der Waals surface area contributed by atoms with Crippen molar-refractivity contribution in [1.82, 2.24) is 21.3 Å². The molecule has 0 heterocycles. The van der Waals surface area contributed by atoms with Crippen LogP contribution in [-0.2, 0) is 38.4 Å². The minimum absolute atomic E-state index is 0.0203. The quantitative estimate of drug-likeness (QED) is 0.0413. The molecule has 4 N–H and O–H groups in total. The van der Waals surface area contributed by atoms with E-state index in [4.69, 9.17) is 0 Å². The molecule has 0 atom stereocenters. The van der Waals surface area contributed by atoms with Crippen LogP contribution in [0, 0.1) is 0 Å². The fourth-order valence-electron chi connectivity index (χ4n) is 8.40. The summed E-state index contributed by atoms with van der Waals surface area (Å²) in [6.07, 6.45) is 6.65. The molecule has 6 aromatic carbocycles. The standard InChI is InChI=1S/C56H63N4O4P/c61-52(38-19-29-46-23-7-1-8-24-46)57-43-56(44-58-53(62)39-20-30-47-25-9-2-10-26-47,45-59-54(63)40-21-31-48-27-11-3-12-28-48)60-55(64)41-22-42-65(49-32-13-4-14-33-49,50-34-15-5-16-35-50)51-36-17-6-18-37-51/h1-18,23-28,32-37H,19-22,29-31,38-45H2,(H3-,57,58,59,60,61,62,63,64)/p+1. The molecule has 0 aliphatic heterocycles. The normalized spacial score (nSPS) is 11.3. The van der Waals surface area contributed by atoms with Gasteiger partial charge in [0.15, 0.2) is 0 Å². The van der Waals surface area contributed by atoms with Crippen LogP contribution < -0.4 is 37.2 Å². The lowest BCUT2D eigenvalue weighted by Crippen LogP contribution is -2.66. The van der Waals surface area contributed by atoms with Gasteiger partial charge < -0.3 is 21.3 Å². The number of benzene rings is 6. The summed E-state index contributed by atoms with van der Waals surface area (Å²) in [5.41, 5.74) is 2.27. The Morgan fingerprint density at radius 1 is 0.354 bits per heavy atom. The van der Waals surface area contributed by atoms with Crippen molar-refractivity contribution in [3.8, 4) is 0 Å². The van der Waals surface area contributed by atoms with E-state index < -0.39 is 12.8 Å². The van der Waals surface area contributed by atoms with Crippen LogP contribution in [0.5, 0.6) is 0 Å². The number of hydrogen-bond donors (Lipinski definition) is 4. The second-order valence-corrected chi connectivity index (χ2v) is 20.4. The van der Waals surface area contributed by atoms with Crippen LogP contribution in [0.4, 0.5) is 0 Å². The highest BCUT2D eigenvalue weighted by molar-refractivity contribution is 7.95. The van der Waals surface area contributed by atoms with E-state index in [1.165, 1.54) is 15.9 Å². The lowest BCUT2D eigenvalue weighted by atomic mass is 9.97. The molecule has 0 saturated carbocycles. The largest absolute Gasteiger partial charge is 0.354 e. The zero-order valence-corrected chi connectivity index (χ0v) is 38.4. The highest BCUT2D eigenvalue weighted by Crippen LogP contribution is 2.55. The molecule has 4 amide bonds. The van der Waals surface area contributed by atoms with Crippen LogP contribution >= 0.6 is 7.26 Å². The van der Waals surface area contributed by atoms with Gasteiger partial charge in [-0.3, -0.25) is 19.2 Å². The molecular formula is C56H64N4O4P+. The molecule has 65 heavy (non-hydrogen) atoms. The molecule has 336 valence electrons. The van der Waals surface area contributed by atoms with Gasteiger partial charge in [0.1, 0.15) is 23.2 Å². The third-order valence-corrected chi connectivity index (χ3v) is 16.4. The van der Waals surface area contributed by atoms with Gasteiger partial charge in [0.2, 0.25) is 23.6 Å². The predicted molar refractivity (Wildman–Crippen MR) is 267 cm³/mol. The maximum Gasteiger partial charge on any atom is 0.220 e. The Morgan fingerprint density at radius 2 is 0.631 bits per heavy atom. The van der Waals surface area contributed by atoms with Crippen molar-refractivity contribution < 1.29 is 19.2 Å². The van der Waals surface area contributed by atoms with Crippen molar-refractivity contribution in [3.63, 3.8) is 0 Å². The van der Waals surface area contributed by atoms with E-state index in [0.717, 1.165) is 42.1 Å². The first kappa shape index (κ1) is 48.1. The van der Waals surface area contributed by atoms with E-state index in [2.05, 4.69) is 130 Å². The summed E-state index contributed by atoms with van der Waals surface area (Å²) < 4.78 is 0. The van der Waals surface area contributed by atoms with E-state index in [1.54, 1.807) is 0 Å². The summed E-state index contributed by atoms with van der Waals surface area (Å²) in [4.78, 5) is 54.9. The van der Waals surface area contributed by atoms with E-state index in [-0.39, 0.29) is 49.7 Å². The summed E-state index contributed by atoms with van der Waals surface area (Å²) in [7, 11) is -2.19. The number of nitrogens with one attached hydrogen (secondary N) is 4. The van der Waals surface area contributed by atoms with E-state index >= 15 is 0 Å². The van der Waals surface area contributed by atoms with Crippen molar-refractivity contribution >= 4 is 46.8 Å². The monoisotopic (exact) mass is 887 g/mol. The Hall–Kier alpha value is -6.37. The summed E-state index contributed by atoms with van der Waals surface area (Å²) in [6.45, 7) is 0.0610. The Balaban J connectivity index is 1.20. The number of amides is 4. The summed E-state index contributed by atoms with van der Waals surface area (Å²) in [5, 5.41) is 16.3. The minimum atomic E-state index is -2.19. The van der Waals surface area contributed by atoms with Gasteiger partial charge in [0.05, 0.1) is 11.7 Å². The number of carbonyl (C=O) groups excluding carboxylic acids is 4. The van der Waals surface area contributed by atoms with Crippen LogP contribution in [0.1, 0.15) is 68.1 Å². The van der Waals surface area contributed by atoms with Gasteiger partial charge >= 0.3 is 0 Å². The minimum Gasteiger partial charge on any atom is -0.354 e. The first-order chi connectivity index (χ1) is 31.8. The highest BCUT2D eigenvalue weighted by Gasteiger charge is 2.45. The Kier molecular flexibility index (Phi) is 19.1. The average molecular weight is 888 g/mol. The maximum atomic E-state index is 14.4. The zero-order valence-electron chi connectivity index (χ0n) is 37.5. The third-order valence-electron chi connectivity index (χ3n) is 11.9. The second kappa shape index (κ2) is 25.8. The topological polar surface area (TPSA) is 116 Å². The SMILES string of the molecule is O=C(CCCc1ccccc1)NCC(CNC(=O)CCCc1ccccc1)(CNC(=O)CCCc1ccccc1)NC(=O)CCC[P+](c1ccccc1)(c1ccccc1)c1ccccc1. The molecule has 9 heteroatoms. The average Bonchev–Trinajstić information content (AvgIpc) is 3.35. The predicted octanol–water partition coefficient (Wildman–Crippen LogP) is 8.03. The molecule has 0 unspecified atom stereocenters. The van der Waals surface area contributed by atoms with Crippen molar-refractivity contribution in [1.29, 1.82) is 0 Å². The fraction of sp³-hybridized carbons (Fsp3) is 0.286. The number of hydrogen-bond acceptors (Lipinski definition) is 4. The van der Waals surface area contributed by atoms with E-state index in [9.17, 15) is 19.2 Å². The van der Waals surface area contributed by atoms with Crippen molar-refractivity contribution in [3.05, 3.63) is 199 Å². The Morgan fingerprint density at radius 3 is 0.938 bits per heavy atom. The number of aryl methyl sites for hydroxylation is 3. The zero-order chi connectivity index (χ0) is 45.4. The smallest absolute Gasteiger partial charge is 0.220 e. The van der Waals surface area contributed by atoms with Crippen LogP contribution in [0.2, 0.25) is 0 Å². The maximum absolute atomic E-state index is 14.4. The van der Waals surface area contributed by atoms with E-state index in [0.29, 0.717) is 44.9 Å². The molecule has 0 spiro atoms. The molecule has 0 aromatic heterocycles. The molecule has 0 aliphatic rings. The molecule has 0 fully saturated rings. The highest BCUT2D eigenvalue weighted by atomic mass is 31.2. The van der Waals surface area contributed by atoms with Gasteiger partial charge in [-0.1, -0.05) is 146 Å². The van der Waals surface area contributed by atoms with Gasteiger partial charge in [-0.25, -0.2) is 0 Å². The lowest BCUT2D eigenvalue weighted by Gasteiger charge is -2.36. The van der Waals surface area contributed by atoms with Crippen molar-refractivity contribution in [2.45, 2.75) is 76.2 Å². The molecule has 0 saturated heterocycles. The van der Waals surface area contributed by atoms with Crippen LogP contribution in [0.3, 0.4) is 0 Å².